The fourth-order valence-electron chi connectivity index (χ4n) is 1.21. The van der Waals surface area contributed by atoms with Gasteiger partial charge in [-0.15, -0.1) is 11.3 Å². The van der Waals surface area contributed by atoms with Crippen molar-refractivity contribution in [2.45, 2.75) is 0 Å². The average Bonchev–Trinajstić information content (AvgIpc) is 2.56. The second kappa shape index (κ2) is 3.47. The van der Waals surface area contributed by atoms with E-state index in [2.05, 4.69) is 9.97 Å². The molecule has 0 aliphatic carbocycles. The van der Waals surface area contributed by atoms with Crippen LogP contribution >= 0.6 is 11.3 Å². The standard InChI is InChI=1S/C9H10N4OS/c1-13(2)9(14)7-5(10)6-8(15-7)12-4-3-11-6/h3-4H,10H2,1-2H3. The van der Waals surface area contributed by atoms with E-state index >= 15 is 0 Å². The average molecular weight is 222 g/mol. The molecule has 2 heterocycles. The Morgan fingerprint density at radius 3 is 2.67 bits per heavy atom. The minimum absolute atomic E-state index is 0.114. The number of thiophene rings is 1. The molecule has 0 radical (unpaired) electrons. The zero-order chi connectivity index (χ0) is 11.0. The number of nitrogens with zero attached hydrogens (tertiary/aromatic N) is 3. The van der Waals surface area contributed by atoms with Gasteiger partial charge in [0.2, 0.25) is 0 Å². The lowest BCUT2D eigenvalue weighted by Gasteiger charge is -2.08. The van der Waals surface area contributed by atoms with Crippen LogP contribution in [-0.2, 0) is 0 Å². The third kappa shape index (κ3) is 1.52. The summed E-state index contributed by atoms with van der Waals surface area (Å²) in [5, 5.41) is 0. The number of carbonyl (C=O) groups is 1. The number of aromatic nitrogens is 2. The monoisotopic (exact) mass is 222 g/mol. The van der Waals surface area contributed by atoms with E-state index < -0.39 is 0 Å². The van der Waals surface area contributed by atoms with E-state index in [0.717, 1.165) is 0 Å². The van der Waals surface area contributed by atoms with Gasteiger partial charge in [-0.3, -0.25) is 4.79 Å². The summed E-state index contributed by atoms with van der Waals surface area (Å²) in [7, 11) is 3.38. The Hall–Kier alpha value is -1.69. The first kappa shape index (κ1) is 9.85. The first-order valence-electron chi connectivity index (χ1n) is 4.32. The molecule has 2 rings (SSSR count). The second-order valence-corrected chi connectivity index (χ2v) is 4.25. The summed E-state index contributed by atoms with van der Waals surface area (Å²) in [4.78, 5) is 22.6. The molecule has 6 heteroatoms. The number of anilines is 1. The highest BCUT2D eigenvalue weighted by molar-refractivity contribution is 7.21. The fraction of sp³-hybridized carbons (Fsp3) is 0.222. The van der Waals surface area contributed by atoms with Crippen molar-refractivity contribution in [1.29, 1.82) is 0 Å². The smallest absolute Gasteiger partial charge is 0.265 e. The molecule has 0 aliphatic heterocycles. The number of fused-ring (bicyclic) bond motifs is 1. The van der Waals surface area contributed by atoms with Crippen molar-refractivity contribution in [3.8, 4) is 0 Å². The SMILES string of the molecule is CN(C)C(=O)c1sc2nccnc2c1N. The number of rotatable bonds is 1. The Labute approximate surface area is 90.5 Å². The van der Waals surface area contributed by atoms with Gasteiger partial charge in [-0.05, 0) is 0 Å². The highest BCUT2D eigenvalue weighted by Gasteiger charge is 2.18. The molecule has 0 aliphatic rings. The molecule has 0 bridgehead atoms. The van der Waals surface area contributed by atoms with Gasteiger partial charge in [-0.1, -0.05) is 0 Å². The molecular weight excluding hydrogens is 212 g/mol. The molecule has 2 aromatic rings. The minimum atomic E-state index is -0.114. The van der Waals surface area contributed by atoms with Crippen molar-refractivity contribution in [2.75, 3.05) is 19.8 Å². The van der Waals surface area contributed by atoms with E-state index in [0.29, 0.717) is 20.9 Å². The second-order valence-electron chi connectivity index (χ2n) is 3.25. The van der Waals surface area contributed by atoms with Crippen LogP contribution in [0.2, 0.25) is 0 Å². The van der Waals surface area contributed by atoms with Gasteiger partial charge in [0.1, 0.15) is 15.2 Å². The lowest BCUT2D eigenvalue weighted by Crippen LogP contribution is -2.21. The molecular formula is C9H10N4OS. The predicted octanol–water partition coefficient (Wildman–Crippen LogP) is 0.975. The Kier molecular flexibility index (Phi) is 2.28. The Bertz CT molecular complexity index is 520. The number of nitrogens with two attached hydrogens (primary N) is 1. The van der Waals surface area contributed by atoms with Gasteiger partial charge in [0, 0.05) is 26.5 Å². The molecule has 2 N–H and O–H groups in total. The van der Waals surface area contributed by atoms with E-state index in [9.17, 15) is 4.79 Å². The molecule has 0 aromatic carbocycles. The lowest BCUT2D eigenvalue weighted by atomic mass is 10.3. The van der Waals surface area contributed by atoms with Crippen molar-refractivity contribution < 1.29 is 4.79 Å². The summed E-state index contributed by atoms with van der Waals surface area (Å²) in [5.41, 5.74) is 6.86. The van der Waals surface area contributed by atoms with Crippen LogP contribution in [0.5, 0.6) is 0 Å². The fourth-order valence-corrected chi connectivity index (χ4v) is 2.25. The van der Waals surface area contributed by atoms with Crippen molar-refractivity contribution in [3.63, 3.8) is 0 Å². The van der Waals surface area contributed by atoms with Gasteiger partial charge < -0.3 is 10.6 Å². The molecule has 0 saturated heterocycles. The minimum Gasteiger partial charge on any atom is -0.396 e. The van der Waals surface area contributed by atoms with Gasteiger partial charge in [0.05, 0.1) is 5.69 Å². The summed E-state index contributed by atoms with van der Waals surface area (Å²) >= 11 is 1.27. The maximum atomic E-state index is 11.7. The first-order valence-corrected chi connectivity index (χ1v) is 5.13. The third-order valence-corrected chi connectivity index (χ3v) is 3.05. The molecule has 1 amide bonds. The molecule has 2 aromatic heterocycles. The van der Waals surface area contributed by atoms with Gasteiger partial charge in [0.15, 0.2) is 0 Å². The van der Waals surface area contributed by atoms with Gasteiger partial charge in [0.25, 0.3) is 5.91 Å². The molecule has 15 heavy (non-hydrogen) atoms. The van der Waals surface area contributed by atoms with E-state index in [4.69, 9.17) is 5.73 Å². The summed E-state index contributed by atoms with van der Waals surface area (Å²) in [6.07, 6.45) is 3.15. The Morgan fingerprint density at radius 2 is 2.07 bits per heavy atom. The predicted molar refractivity (Wildman–Crippen MR) is 59.8 cm³/mol. The third-order valence-electron chi connectivity index (χ3n) is 1.96. The van der Waals surface area contributed by atoms with Gasteiger partial charge >= 0.3 is 0 Å². The van der Waals surface area contributed by atoms with Gasteiger partial charge in [-0.25, -0.2) is 9.97 Å². The molecule has 5 nitrogen and oxygen atoms in total. The number of nitrogen functional groups attached to an aromatic ring is 1. The maximum absolute atomic E-state index is 11.7. The van der Waals surface area contributed by atoms with Crippen LogP contribution in [0.15, 0.2) is 12.4 Å². The van der Waals surface area contributed by atoms with Crippen LogP contribution in [-0.4, -0.2) is 34.9 Å². The highest BCUT2D eigenvalue weighted by Crippen LogP contribution is 2.30. The number of hydrogen-bond donors (Lipinski definition) is 1. The van der Waals surface area contributed by atoms with Crippen molar-refractivity contribution >= 4 is 33.3 Å². The maximum Gasteiger partial charge on any atom is 0.265 e. The van der Waals surface area contributed by atoms with E-state index in [1.807, 2.05) is 0 Å². The van der Waals surface area contributed by atoms with Crippen LogP contribution in [0.1, 0.15) is 9.67 Å². The van der Waals surface area contributed by atoms with E-state index in [1.54, 1.807) is 26.5 Å². The lowest BCUT2D eigenvalue weighted by molar-refractivity contribution is 0.0833. The van der Waals surface area contributed by atoms with Crippen LogP contribution in [0, 0.1) is 0 Å². The van der Waals surface area contributed by atoms with Crippen LogP contribution in [0.3, 0.4) is 0 Å². The molecule has 0 fully saturated rings. The van der Waals surface area contributed by atoms with Crippen LogP contribution in [0.4, 0.5) is 5.69 Å². The summed E-state index contributed by atoms with van der Waals surface area (Å²) in [5.74, 6) is -0.114. The number of carbonyl (C=O) groups excluding carboxylic acids is 1. The quantitative estimate of drug-likeness (QED) is 0.780. The number of amides is 1. The molecule has 0 saturated carbocycles. The van der Waals surface area contributed by atoms with Crippen molar-refractivity contribution in [1.82, 2.24) is 14.9 Å². The van der Waals surface area contributed by atoms with E-state index in [-0.39, 0.29) is 5.91 Å². The summed E-state index contributed by atoms with van der Waals surface area (Å²) in [6, 6.07) is 0. The largest absolute Gasteiger partial charge is 0.396 e. The highest BCUT2D eigenvalue weighted by atomic mass is 32.1. The van der Waals surface area contributed by atoms with Crippen molar-refractivity contribution in [3.05, 3.63) is 17.3 Å². The topological polar surface area (TPSA) is 72.1 Å². The summed E-state index contributed by atoms with van der Waals surface area (Å²) in [6.45, 7) is 0. The molecule has 0 atom stereocenters. The number of hydrogen-bond acceptors (Lipinski definition) is 5. The molecule has 0 unspecified atom stereocenters. The zero-order valence-corrected chi connectivity index (χ0v) is 9.21. The summed E-state index contributed by atoms with van der Waals surface area (Å²) < 4.78 is 0. The van der Waals surface area contributed by atoms with Crippen LogP contribution in [0.25, 0.3) is 10.3 Å². The van der Waals surface area contributed by atoms with Gasteiger partial charge in [-0.2, -0.15) is 0 Å². The first-order chi connectivity index (χ1) is 7.11. The normalized spacial score (nSPS) is 10.5. The van der Waals surface area contributed by atoms with Crippen LogP contribution < -0.4 is 5.73 Å². The Balaban J connectivity index is 2.63. The Morgan fingerprint density at radius 1 is 1.40 bits per heavy atom. The molecule has 0 spiro atoms. The molecule has 78 valence electrons. The van der Waals surface area contributed by atoms with E-state index in [1.165, 1.54) is 16.2 Å². The van der Waals surface area contributed by atoms with Crippen molar-refractivity contribution in [2.24, 2.45) is 0 Å². The zero-order valence-electron chi connectivity index (χ0n) is 8.39.